The van der Waals surface area contributed by atoms with Gasteiger partial charge in [0.2, 0.25) is 0 Å². The summed E-state index contributed by atoms with van der Waals surface area (Å²) in [6.07, 6.45) is 5.46. The van der Waals surface area contributed by atoms with Gasteiger partial charge in [-0.1, -0.05) is 24.3 Å². The third kappa shape index (κ3) is 1.87. The molecule has 1 aromatic carbocycles. The summed E-state index contributed by atoms with van der Waals surface area (Å²) in [5.74, 6) is 0.927. The van der Waals surface area contributed by atoms with E-state index in [2.05, 4.69) is 28.5 Å². The first kappa shape index (κ1) is 10.9. The van der Waals surface area contributed by atoms with Gasteiger partial charge in [-0.05, 0) is 18.5 Å². The molecule has 0 radical (unpaired) electrons. The van der Waals surface area contributed by atoms with Crippen molar-refractivity contribution in [2.75, 3.05) is 7.05 Å². The van der Waals surface area contributed by atoms with Crippen LogP contribution in [0.2, 0.25) is 0 Å². The number of hydrogen-bond acceptors (Lipinski definition) is 3. The molecule has 0 saturated carbocycles. The van der Waals surface area contributed by atoms with Gasteiger partial charge < -0.3 is 5.32 Å². The maximum Gasteiger partial charge on any atom is 0.146 e. The Morgan fingerprint density at radius 3 is 2.94 bits per heavy atom. The maximum atomic E-state index is 4.69. The van der Waals surface area contributed by atoms with Gasteiger partial charge in [-0.15, -0.1) is 0 Å². The Hall–Kier alpha value is -2.20. The summed E-state index contributed by atoms with van der Waals surface area (Å²) in [4.78, 5) is 8.78. The molecule has 1 N–H and O–H groups in total. The number of fused-ring (bicyclic) bond motifs is 1. The van der Waals surface area contributed by atoms with Crippen molar-refractivity contribution in [3.63, 3.8) is 0 Å². The number of rotatable bonds is 3. The molecule has 2 heterocycles. The van der Waals surface area contributed by atoms with Crippen molar-refractivity contribution in [3.8, 4) is 5.82 Å². The number of hydrogen-bond donors (Lipinski definition) is 1. The van der Waals surface area contributed by atoms with E-state index >= 15 is 0 Å². The second-order valence-corrected chi connectivity index (χ2v) is 4.16. The van der Waals surface area contributed by atoms with Crippen molar-refractivity contribution in [1.29, 1.82) is 0 Å². The van der Waals surface area contributed by atoms with Crippen molar-refractivity contribution in [3.05, 3.63) is 54.7 Å². The minimum absolute atomic E-state index is 0.756. The van der Waals surface area contributed by atoms with Gasteiger partial charge in [0.25, 0.3) is 0 Å². The van der Waals surface area contributed by atoms with Crippen LogP contribution in [-0.2, 0) is 6.54 Å². The van der Waals surface area contributed by atoms with E-state index < -0.39 is 0 Å². The number of imidazole rings is 1. The SMILES string of the molecule is CNCc1cc2ccccc2c(-n2ccnc2)n1. The molecule has 0 spiro atoms. The lowest BCUT2D eigenvalue weighted by Gasteiger charge is -2.09. The van der Waals surface area contributed by atoms with E-state index in [-0.39, 0.29) is 0 Å². The zero-order chi connectivity index (χ0) is 12.4. The lowest BCUT2D eigenvalue weighted by Crippen LogP contribution is -2.09. The normalized spacial score (nSPS) is 10.9. The Balaban J connectivity index is 2.27. The van der Waals surface area contributed by atoms with E-state index in [0.29, 0.717) is 0 Å². The first-order valence-electron chi connectivity index (χ1n) is 5.90. The average molecular weight is 238 g/mol. The van der Waals surface area contributed by atoms with Gasteiger partial charge in [-0.2, -0.15) is 0 Å². The quantitative estimate of drug-likeness (QED) is 0.760. The second-order valence-electron chi connectivity index (χ2n) is 4.16. The zero-order valence-electron chi connectivity index (χ0n) is 10.2. The van der Waals surface area contributed by atoms with Gasteiger partial charge >= 0.3 is 0 Å². The van der Waals surface area contributed by atoms with Crippen molar-refractivity contribution in [1.82, 2.24) is 19.9 Å². The monoisotopic (exact) mass is 238 g/mol. The highest BCUT2D eigenvalue weighted by molar-refractivity contribution is 5.88. The minimum atomic E-state index is 0.756. The molecule has 0 fully saturated rings. The first-order valence-corrected chi connectivity index (χ1v) is 5.90. The van der Waals surface area contributed by atoms with E-state index in [1.807, 2.05) is 29.9 Å². The van der Waals surface area contributed by atoms with E-state index in [4.69, 9.17) is 4.98 Å². The molecule has 0 atom stereocenters. The zero-order valence-corrected chi connectivity index (χ0v) is 10.2. The number of pyridine rings is 1. The highest BCUT2D eigenvalue weighted by Gasteiger charge is 2.06. The molecule has 4 nitrogen and oxygen atoms in total. The maximum absolute atomic E-state index is 4.69. The van der Waals surface area contributed by atoms with Gasteiger partial charge in [0.15, 0.2) is 0 Å². The fraction of sp³-hybridized carbons (Fsp3) is 0.143. The number of aromatic nitrogens is 3. The fourth-order valence-corrected chi connectivity index (χ4v) is 2.09. The molecule has 0 aliphatic heterocycles. The number of nitrogens with zero attached hydrogens (tertiary/aromatic N) is 3. The molecule has 0 amide bonds. The molecular formula is C14H14N4. The molecule has 0 aliphatic rings. The second kappa shape index (κ2) is 4.58. The van der Waals surface area contributed by atoms with Crippen LogP contribution in [-0.4, -0.2) is 21.6 Å². The van der Waals surface area contributed by atoms with Crippen LogP contribution in [0.1, 0.15) is 5.69 Å². The fourth-order valence-electron chi connectivity index (χ4n) is 2.09. The van der Waals surface area contributed by atoms with Crippen LogP contribution in [0.15, 0.2) is 49.1 Å². The summed E-state index contributed by atoms with van der Waals surface area (Å²) in [6, 6.07) is 10.4. The average Bonchev–Trinajstić information content (AvgIpc) is 2.92. The molecule has 2 aromatic heterocycles. The Bertz CT molecular complexity index is 659. The molecule has 0 saturated heterocycles. The molecule has 18 heavy (non-hydrogen) atoms. The lowest BCUT2D eigenvalue weighted by molar-refractivity contribution is 0.787. The van der Waals surface area contributed by atoms with Crippen LogP contribution in [0, 0.1) is 0 Å². The van der Waals surface area contributed by atoms with Crippen LogP contribution in [0.25, 0.3) is 16.6 Å². The van der Waals surface area contributed by atoms with Crippen molar-refractivity contribution < 1.29 is 0 Å². The summed E-state index contributed by atoms with van der Waals surface area (Å²) in [6.45, 7) is 0.756. The van der Waals surface area contributed by atoms with Crippen molar-refractivity contribution >= 4 is 10.8 Å². The van der Waals surface area contributed by atoms with Crippen LogP contribution in [0.5, 0.6) is 0 Å². The summed E-state index contributed by atoms with van der Waals surface area (Å²) in [7, 11) is 1.92. The largest absolute Gasteiger partial charge is 0.314 e. The van der Waals surface area contributed by atoms with Gasteiger partial charge in [0.05, 0.1) is 5.69 Å². The lowest BCUT2D eigenvalue weighted by atomic mass is 10.1. The van der Waals surface area contributed by atoms with Gasteiger partial charge in [0, 0.05) is 24.3 Å². The third-order valence-corrected chi connectivity index (χ3v) is 2.88. The molecule has 3 aromatic rings. The number of benzene rings is 1. The van der Waals surface area contributed by atoms with E-state index in [1.54, 1.807) is 12.5 Å². The van der Waals surface area contributed by atoms with Gasteiger partial charge in [0.1, 0.15) is 12.1 Å². The van der Waals surface area contributed by atoms with Crippen molar-refractivity contribution in [2.24, 2.45) is 0 Å². The van der Waals surface area contributed by atoms with Crippen LogP contribution < -0.4 is 5.32 Å². The number of nitrogens with one attached hydrogen (secondary N) is 1. The minimum Gasteiger partial charge on any atom is -0.314 e. The first-order chi connectivity index (χ1) is 8.88. The highest BCUT2D eigenvalue weighted by Crippen LogP contribution is 2.21. The smallest absolute Gasteiger partial charge is 0.146 e. The van der Waals surface area contributed by atoms with Crippen LogP contribution in [0.3, 0.4) is 0 Å². The molecule has 0 unspecified atom stereocenters. The predicted molar refractivity (Wildman–Crippen MR) is 71.6 cm³/mol. The van der Waals surface area contributed by atoms with Crippen LogP contribution >= 0.6 is 0 Å². The summed E-state index contributed by atoms with van der Waals surface area (Å²) >= 11 is 0. The Labute approximate surface area is 105 Å². The third-order valence-electron chi connectivity index (χ3n) is 2.88. The van der Waals surface area contributed by atoms with Crippen molar-refractivity contribution in [2.45, 2.75) is 6.54 Å². The summed E-state index contributed by atoms with van der Waals surface area (Å²) in [5, 5.41) is 5.46. The van der Waals surface area contributed by atoms with E-state index in [0.717, 1.165) is 23.4 Å². The van der Waals surface area contributed by atoms with Crippen LogP contribution in [0.4, 0.5) is 0 Å². The molecule has 4 heteroatoms. The van der Waals surface area contributed by atoms with Gasteiger partial charge in [-0.3, -0.25) is 4.57 Å². The van der Waals surface area contributed by atoms with E-state index in [1.165, 1.54) is 5.39 Å². The highest BCUT2D eigenvalue weighted by atomic mass is 15.1. The predicted octanol–water partition coefficient (Wildman–Crippen LogP) is 2.14. The standard InChI is InChI=1S/C14H14N4/c1-15-9-12-8-11-4-2-3-5-13(11)14(17-12)18-7-6-16-10-18/h2-8,10,15H,9H2,1H3. The molecule has 0 aliphatic carbocycles. The summed E-state index contributed by atoms with van der Waals surface area (Å²) in [5.41, 5.74) is 1.03. The summed E-state index contributed by atoms with van der Waals surface area (Å²) < 4.78 is 1.95. The Morgan fingerprint density at radius 1 is 1.28 bits per heavy atom. The topological polar surface area (TPSA) is 42.7 Å². The van der Waals surface area contributed by atoms with Gasteiger partial charge in [-0.25, -0.2) is 9.97 Å². The molecule has 0 bridgehead atoms. The molecule has 3 rings (SSSR count). The molecular weight excluding hydrogens is 224 g/mol. The Kier molecular flexibility index (Phi) is 2.78. The Morgan fingerprint density at radius 2 is 2.17 bits per heavy atom. The van der Waals surface area contributed by atoms with E-state index in [9.17, 15) is 0 Å². The molecule has 90 valence electrons.